The predicted molar refractivity (Wildman–Crippen MR) is 104 cm³/mol. The van der Waals surface area contributed by atoms with Crippen molar-refractivity contribution in [3.05, 3.63) is 53.6 Å². The maximum absolute atomic E-state index is 12.3. The van der Waals surface area contributed by atoms with Crippen molar-refractivity contribution < 1.29 is 9.53 Å². The van der Waals surface area contributed by atoms with Gasteiger partial charge in [0.2, 0.25) is 11.1 Å². The number of amides is 1. The molecule has 1 amide bonds. The Morgan fingerprint density at radius 2 is 2.04 bits per heavy atom. The van der Waals surface area contributed by atoms with Gasteiger partial charge in [0.05, 0.1) is 12.4 Å². The Labute approximate surface area is 160 Å². The fourth-order valence-corrected chi connectivity index (χ4v) is 3.11. The van der Waals surface area contributed by atoms with Crippen LogP contribution in [0.3, 0.4) is 0 Å². The van der Waals surface area contributed by atoms with Crippen LogP contribution in [0.4, 0.5) is 5.69 Å². The number of benzene rings is 2. The number of hydrogen-bond donors (Lipinski definition) is 2. The first-order chi connectivity index (χ1) is 12.5. The van der Waals surface area contributed by atoms with Gasteiger partial charge in [-0.05, 0) is 49.4 Å². The highest BCUT2D eigenvalue weighted by Gasteiger charge is 2.17. The normalized spacial score (nSPS) is 11.8. The molecule has 1 heterocycles. The van der Waals surface area contributed by atoms with Crippen molar-refractivity contribution in [1.82, 2.24) is 15.2 Å². The molecular weight excluding hydrogens is 372 g/mol. The molecule has 0 spiro atoms. The average Bonchev–Trinajstić information content (AvgIpc) is 3.10. The minimum Gasteiger partial charge on any atom is -0.497 e. The summed E-state index contributed by atoms with van der Waals surface area (Å²) in [6.07, 6.45) is 0. The molecule has 6 nitrogen and oxygen atoms in total. The Morgan fingerprint density at radius 1 is 1.27 bits per heavy atom. The molecular formula is C18H17ClN4O2S. The summed E-state index contributed by atoms with van der Waals surface area (Å²) in [5.41, 5.74) is 1.55. The van der Waals surface area contributed by atoms with Crippen LogP contribution in [0.15, 0.2) is 53.7 Å². The molecule has 3 rings (SSSR count). The van der Waals surface area contributed by atoms with Crippen molar-refractivity contribution in [2.45, 2.75) is 17.3 Å². The van der Waals surface area contributed by atoms with Gasteiger partial charge in [-0.2, -0.15) is 0 Å². The predicted octanol–water partition coefficient (Wildman–Crippen LogP) is 4.25. The maximum atomic E-state index is 12.3. The molecule has 3 aromatic rings. The van der Waals surface area contributed by atoms with E-state index in [0.717, 1.165) is 11.3 Å². The number of thioether (sulfide) groups is 1. The number of aromatic nitrogens is 3. The van der Waals surface area contributed by atoms with Crippen molar-refractivity contribution >= 4 is 35.0 Å². The van der Waals surface area contributed by atoms with Crippen LogP contribution >= 0.6 is 23.4 Å². The molecule has 0 aliphatic heterocycles. The highest BCUT2D eigenvalue weighted by atomic mass is 35.5. The van der Waals surface area contributed by atoms with E-state index in [1.165, 1.54) is 11.8 Å². The first kappa shape index (κ1) is 18.3. The molecule has 0 bridgehead atoms. The van der Waals surface area contributed by atoms with E-state index in [4.69, 9.17) is 16.3 Å². The summed E-state index contributed by atoms with van der Waals surface area (Å²) in [5, 5.41) is 10.6. The summed E-state index contributed by atoms with van der Waals surface area (Å²) in [7, 11) is 1.62. The number of carbonyl (C=O) groups is 1. The van der Waals surface area contributed by atoms with E-state index in [1.807, 2.05) is 24.3 Å². The third-order valence-electron chi connectivity index (χ3n) is 3.57. The van der Waals surface area contributed by atoms with Gasteiger partial charge in [-0.1, -0.05) is 29.4 Å². The van der Waals surface area contributed by atoms with Crippen LogP contribution in [0.25, 0.3) is 11.4 Å². The second kappa shape index (κ2) is 8.25. The zero-order chi connectivity index (χ0) is 18.5. The molecule has 0 saturated heterocycles. The summed E-state index contributed by atoms with van der Waals surface area (Å²) < 4.78 is 5.14. The Morgan fingerprint density at radius 3 is 2.73 bits per heavy atom. The van der Waals surface area contributed by atoms with Gasteiger partial charge in [0.15, 0.2) is 5.82 Å². The highest BCUT2D eigenvalue weighted by Crippen LogP contribution is 2.25. The average molecular weight is 389 g/mol. The minimum absolute atomic E-state index is 0.145. The first-order valence-corrected chi connectivity index (χ1v) is 9.11. The number of H-pyrrole nitrogens is 1. The lowest BCUT2D eigenvalue weighted by Gasteiger charge is -2.10. The summed E-state index contributed by atoms with van der Waals surface area (Å²) in [6.45, 7) is 1.80. The molecule has 0 aliphatic rings. The van der Waals surface area contributed by atoms with Crippen LogP contribution in [0.2, 0.25) is 5.02 Å². The molecule has 0 radical (unpaired) electrons. The second-order valence-corrected chi connectivity index (χ2v) is 7.20. The standard InChI is InChI=1S/C18H17ClN4O2S/c1-11(17(24)20-14-5-3-4-13(19)10-14)26-18-21-16(22-23-18)12-6-8-15(25-2)9-7-12/h3-11H,1-2H3,(H,20,24)(H,21,22,23). The van der Waals surface area contributed by atoms with Gasteiger partial charge in [0.25, 0.3) is 0 Å². The van der Waals surface area contributed by atoms with Crippen LogP contribution in [-0.4, -0.2) is 33.4 Å². The van der Waals surface area contributed by atoms with Crippen molar-refractivity contribution in [2.75, 3.05) is 12.4 Å². The van der Waals surface area contributed by atoms with E-state index in [2.05, 4.69) is 20.5 Å². The summed E-state index contributed by atoms with van der Waals surface area (Å²) in [5.74, 6) is 1.26. The number of carbonyl (C=O) groups excluding carboxylic acids is 1. The smallest absolute Gasteiger partial charge is 0.237 e. The van der Waals surface area contributed by atoms with Crippen LogP contribution in [0, 0.1) is 0 Å². The molecule has 2 N–H and O–H groups in total. The summed E-state index contributed by atoms with van der Waals surface area (Å²) in [4.78, 5) is 16.8. The zero-order valence-electron chi connectivity index (χ0n) is 14.2. The van der Waals surface area contributed by atoms with E-state index in [-0.39, 0.29) is 11.2 Å². The monoisotopic (exact) mass is 388 g/mol. The Bertz CT molecular complexity index is 898. The highest BCUT2D eigenvalue weighted by molar-refractivity contribution is 8.00. The fraction of sp³-hybridized carbons (Fsp3) is 0.167. The molecule has 8 heteroatoms. The number of ether oxygens (including phenoxy) is 1. The fourth-order valence-electron chi connectivity index (χ4n) is 2.20. The summed E-state index contributed by atoms with van der Waals surface area (Å²) in [6, 6.07) is 14.5. The molecule has 2 aromatic carbocycles. The van der Waals surface area contributed by atoms with Gasteiger partial charge in [0.1, 0.15) is 5.75 Å². The quantitative estimate of drug-likeness (QED) is 0.617. The topological polar surface area (TPSA) is 79.9 Å². The SMILES string of the molecule is COc1ccc(-c2nc(SC(C)C(=O)Nc3cccc(Cl)c3)n[nH]2)cc1. The third-order valence-corrected chi connectivity index (χ3v) is 4.77. The molecule has 1 aromatic heterocycles. The van der Waals surface area contributed by atoms with Gasteiger partial charge < -0.3 is 10.1 Å². The second-order valence-electron chi connectivity index (χ2n) is 5.45. The van der Waals surface area contributed by atoms with Crippen LogP contribution in [0.1, 0.15) is 6.92 Å². The molecule has 0 saturated carbocycles. The number of methoxy groups -OCH3 is 1. The van der Waals surface area contributed by atoms with Crippen LogP contribution in [0.5, 0.6) is 5.75 Å². The number of anilines is 1. The van der Waals surface area contributed by atoms with E-state index >= 15 is 0 Å². The van der Waals surface area contributed by atoms with E-state index in [9.17, 15) is 4.79 Å². The molecule has 1 unspecified atom stereocenters. The Kier molecular flexibility index (Phi) is 5.80. The van der Waals surface area contributed by atoms with Gasteiger partial charge in [-0.15, -0.1) is 5.10 Å². The lowest BCUT2D eigenvalue weighted by molar-refractivity contribution is -0.115. The Hall–Kier alpha value is -2.51. The molecule has 0 fully saturated rings. The molecule has 0 aliphatic carbocycles. The van der Waals surface area contributed by atoms with Gasteiger partial charge in [0, 0.05) is 16.3 Å². The van der Waals surface area contributed by atoms with E-state index < -0.39 is 0 Å². The number of halogens is 1. The van der Waals surface area contributed by atoms with Gasteiger partial charge in [-0.25, -0.2) is 4.98 Å². The maximum Gasteiger partial charge on any atom is 0.237 e. The number of nitrogens with zero attached hydrogens (tertiary/aromatic N) is 2. The summed E-state index contributed by atoms with van der Waals surface area (Å²) >= 11 is 7.20. The van der Waals surface area contributed by atoms with Crippen molar-refractivity contribution in [3.63, 3.8) is 0 Å². The number of hydrogen-bond acceptors (Lipinski definition) is 5. The largest absolute Gasteiger partial charge is 0.497 e. The number of aromatic amines is 1. The lowest BCUT2D eigenvalue weighted by Crippen LogP contribution is -2.22. The van der Waals surface area contributed by atoms with Gasteiger partial charge >= 0.3 is 0 Å². The molecule has 26 heavy (non-hydrogen) atoms. The third kappa shape index (κ3) is 4.56. The lowest BCUT2D eigenvalue weighted by atomic mass is 10.2. The zero-order valence-corrected chi connectivity index (χ0v) is 15.8. The molecule has 134 valence electrons. The Balaban J connectivity index is 1.63. The first-order valence-electron chi connectivity index (χ1n) is 7.85. The van der Waals surface area contributed by atoms with E-state index in [0.29, 0.717) is 21.7 Å². The van der Waals surface area contributed by atoms with Crippen molar-refractivity contribution in [2.24, 2.45) is 0 Å². The van der Waals surface area contributed by atoms with Crippen molar-refractivity contribution in [1.29, 1.82) is 0 Å². The number of rotatable bonds is 6. The molecule has 1 atom stereocenters. The van der Waals surface area contributed by atoms with Gasteiger partial charge in [-0.3, -0.25) is 9.89 Å². The number of nitrogens with one attached hydrogen (secondary N) is 2. The van der Waals surface area contributed by atoms with Crippen molar-refractivity contribution in [3.8, 4) is 17.1 Å². The van der Waals surface area contributed by atoms with Crippen LogP contribution < -0.4 is 10.1 Å². The van der Waals surface area contributed by atoms with Crippen LogP contribution in [-0.2, 0) is 4.79 Å². The van der Waals surface area contributed by atoms with E-state index in [1.54, 1.807) is 38.3 Å². The minimum atomic E-state index is -0.367.